The molecule has 3 heterocycles. The van der Waals surface area contributed by atoms with E-state index in [0.29, 0.717) is 24.5 Å². The number of carbonyl (C=O) groups is 1. The number of methoxy groups -OCH3 is 1. The van der Waals surface area contributed by atoms with Crippen LogP contribution in [0.1, 0.15) is 29.1 Å². The smallest absolute Gasteiger partial charge is 0.257 e. The summed E-state index contributed by atoms with van der Waals surface area (Å²) in [5.74, 6) is 0.487. The third-order valence-electron chi connectivity index (χ3n) is 3.70. The molecule has 0 saturated heterocycles. The van der Waals surface area contributed by atoms with Gasteiger partial charge in [-0.15, -0.1) is 10.2 Å². The molecule has 0 aromatic carbocycles. The Hall–Kier alpha value is -2.68. The molecule has 0 fully saturated rings. The van der Waals surface area contributed by atoms with Gasteiger partial charge in [0.25, 0.3) is 5.91 Å². The number of ether oxygens (including phenoxy) is 1. The summed E-state index contributed by atoms with van der Waals surface area (Å²) in [6.45, 7) is 3.06. The third-order valence-corrected chi connectivity index (χ3v) is 3.70. The second-order valence-corrected chi connectivity index (χ2v) is 5.31. The number of rotatable bonds is 6. The van der Waals surface area contributed by atoms with Gasteiger partial charge in [0, 0.05) is 33.1 Å². The van der Waals surface area contributed by atoms with Gasteiger partial charge in [-0.25, -0.2) is 4.52 Å². The molecular formula is C14H19N7O2. The predicted molar refractivity (Wildman–Crippen MR) is 81.9 cm³/mol. The van der Waals surface area contributed by atoms with Crippen LogP contribution >= 0.6 is 0 Å². The van der Waals surface area contributed by atoms with E-state index in [4.69, 9.17) is 4.74 Å². The zero-order valence-electron chi connectivity index (χ0n) is 13.3. The fourth-order valence-corrected chi connectivity index (χ4v) is 2.51. The van der Waals surface area contributed by atoms with Crippen molar-refractivity contribution in [2.45, 2.75) is 19.5 Å². The Balaban J connectivity index is 1.77. The highest BCUT2D eigenvalue weighted by molar-refractivity contribution is 5.99. The first-order valence-electron chi connectivity index (χ1n) is 7.28. The summed E-state index contributed by atoms with van der Waals surface area (Å²) in [6.07, 6.45) is 6.85. The number of aryl methyl sites for hydroxylation is 1. The lowest BCUT2D eigenvalue weighted by Crippen LogP contribution is -2.29. The first-order valence-corrected chi connectivity index (χ1v) is 7.28. The molecule has 122 valence electrons. The molecule has 3 aromatic heterocycles. The quantitative estimate of drug-likeness (QED) is 0.710. The number of hydrogen-bond acceptors (Lipinski definition) is 5. The van der Waals surface area contributed by atoms with Crippen molar-refractivity contribution in [2.24, 2.45) is 7.05 Å². The Bertz CT molecular complexity index is 816. The second-order valence-electron chi connectivity index (χ2n) is 5.31. The minimum absolute atomic E-state index is 0.199. The maximum atomic E-state index is 12.5. The first-order chi connectivity index (χ1) is 11.1. The van der Waals surface area contributed by atoms with E-state index in [0.717, 1.165) is 5.65 Å². The Labute approximate surface area is 132 Å². The van der Waals surface area contributed by atoms with E-state index in [1.165, 1.54) is 0 Å². The van der Waals surface area contributed by atoms with Crippen LogP contribution in [0.3, 0.4) is 0 Å². The van der Waals surface area contributed by atoms with Crippen LogP contribution < -0.4 is 5.32 Å². The fourth-order valence-electron chi connectivity index (χ4n) is 2.51. The number of hydrogen-bond donors (Lipinski definition) is 1. The molecule has 3 rings (SSSR count). The molecule has 0 aliphatic rings. The molecule has 1 N–H and O–H groups in total. The van der Waals surface area contributed by atoms with Crippen molar-refractivity contribution in [3.05, 3.63) is 36.3 Å². The third kappa shape index (κ3) is 2.82. The number of fused-ring (bicyclic) bond motifs is 1. The zero-order valence-corrected chi connectivity index (χ0v) is 13.3. The van der Waals surface area contributed by atoms with Crippen LogP contribution in [-0.4, -0.2) is 48.6 Å². The second kappa shape index (κ2) is 6.21. The van der Waals surface area contributed by atoms with E-state index in [2.05, 4.69) is 20.6 Å². The molecular weight excluding hydrogens is 298 g/mol. The highest BCUT2D eigenvalue weighted by Gasteiger charge is 2.20. The van der Waals surface area contributed by atoms with Crippen LogP contribution in [0.5, 0.6) is 0 Å². The van der Waals surface area contributed by atoms with Crippen LogP contribution in [-0.2, 0) is 18.3 Å². The Kier molecular flexibility index (Phi) is 4.11. The first kappa shape index (κ1) is 15.2. The summed E-state index contributed by atoms with van der Waals surface area (Å²) < 4.78 is 10.5. The Morgan fingerprint density at radius 3 is 3.04 bits per heavy atom. The molecule has 0 saturated carbocycles. The van der Waals surface area contributed by atoms with Crippen molar-refractivity contribution in [2.75, 3.05) is 13.7 Å². The van der Waals surface area contributed by atoms with Crippen molar-refractivity contribution in [3.63, 3.8) is 0 Å². The maximum Gasteiger partial charge on any atom is 0.257 e. The monoisotopic (exact) mass is 317 g/mol. The fraction of sp³-hybridized carbons (Fsp3) is 0.429. The van der Waals surface area contributed by atoms with E-state index >= 15 is 0 Å². The van der Waals surface area contributed by atoms with Gasteiger partial charge in [-0.05, 0) is 6.92 Å². The topological polar surface area (TPSA) is 91.3 Å². The van der Waals surface area contributed by atoms with Crippen LogP contribution in [0.15, 0.2) is 24.9 Å². The molecule has 0 spiro atoms. The molecule has 1 atom stereocenters. The normalized spacial score (nSPS) is 12.7. The lowest BCUT2D eigenvalue weighted by molar-refractivity contribution is 0.0938. The summed E-state index contributed by atoms with van der Waals surface area (Å²) in [5.41, 5.74) is 1.27. The van der Waals surface area contributed by atoms with Crippen molar-refractivity contribution in [1.82, 2.24) is 34.3 Å². The van der Waals surface area contributed by atoms with Crippen molar-refractivity contribution in [3.8, 4) is 0 Å². The lowest BCUT2D eigenvalue weighted by atomic mass is 10.2. The predicted octanol–water partition coefficient (Wildman–Crippen LogP) is 0.402. The number of aromatic nitrogens is 6. The molecule has 0 radical (unpaired) electrons. The molecule has 0 bridgehead atoms. The van der Waals surface area contributed by atoms with E-state index in [9.17, 15) is 4.79 Å². The van der Waals surface area contributed by atoms with Crippen LogP contribution in [0, 0.1) is 0 Å². The van der Waals surface area contributed by atoms with Gasteiger partial charge >= 0.3 is 0 Å². The van der Waals surface area contributed by atoms with Crippen molar-refractivity contribution >= 4 is 11.6 Å². The number of imidazole rings is 1. The van der Waals surface area contributed by atoms with Crippen molar-refractivity contribution in [1.29, 1.82) is 0 Å². The average Bonchev–Trinajstić information content (AvgIpc) is 3.22. The Morgan fingerprint density at radius 1 is 1.43 bits per heavy atom. The number of amides is 1. The van der Waals surface area contributed by atoms with E-state index in [1.54, 1.807) is 30.3 Å². The van der Waals surface area contributed by atoms with Gasteiger partial charge in [0.2, 0.25) is 0 Å². The summed E-state index contributed by atoms with van der Waals surface area (Å²) in [7, 11) is 3.51. The SMILES string of the molecule is COCCn1cnnc1[C@@H](C)NC(=O)c1cnn2ccn(C)c12. The number of nitrogens with one attached hydrogen (secondary N) is 1. The van der Waals surface area contributed by atoms with E-state index in [-0.39, 0.29) is 11.9 Å². The summed E-state index contributed by atoms with van der Waals surface area (Å²) in [5, 5.41) is 15.1. The van der Waals surface area contributed by atoms with Gasteiger partial charge in [0.1, 0.15) is 17.5 Å². The molecule has 0 unspecified atom stereocenters. The van der Waals surface area contributed by atoms with Gasteiger partial charge in [-0.3, -0.25) is 4.79 Å². The van der Waals surface area contributed by atoms with Gasteiger partial charge in [-0.1, -0.05) is 0 Å². The molecule has 0 aliphatic heterocycles. The Morgan fingerprint density at radius 2 is 2.26 bits per heavy atom. The van der Waals surface area contributed by atoms with Gasteiger partial charge in [0.05, 0.1) is 18.8 Å². The minimum Gasteiger partial charge on any atom is -0.383 e. The summed E-state index contributed by atoms with van der Waals surface area (Å²) in [4.78, 5) is 12.5. The number of nitrogens with zero attached hydrogens (tertiary/aromatic N) is 6. The zero-order chi connectivity index (χ0) is 16.4. The van der Waals surface area contributed by atoms with Crippen molar-refractivity contribution < 1.29 is 9.53 Å². The summed E-state index contributed by atoms with van der Waals surface area (Å²) >= 11 is 0. The van der Waals surface area contributed by atoms with Crippen LogP contribution in [0.4, 0.5) is 0 Å². The van der Waals surface area contributed by atoms with Gasteiger partial charge in [0.15, 0.2) is 5.82 Å². The van der Waals surface area contributed by atoms with E-state index in [1.807, 2.05) is 29.3 Å². The van der Waals surface area contributed by atoms with E-state index < -0.39 is 0 Å². The highest BCUT2D eigenvalue weighted by atomic mass is 16.5. The maximum absolute atomic E-state index is 12.5. The molecule has 0 aliphatic carbocycles. The average molecular weight is 317 g/mol. The molecule has 9 heteroatoms. The molecule has 9 nitrogen and oxygen atoms in total. The highest BCUT2D eigenvalue weighted by Crippen LogP contribution is 2.14. The number of carbonyl (C=O) groups excluding carboxylic acids is 1. The van der Waals surface area contributed by atoms with Gasteiger partial charge < -0.3 is 19.2 Å². The standard InChI is InChI=1S/C14H19N7O2/c1-10(12-18-15-9-20(12)6-7-23-3)17-13(22)11-8-16-21-5-4-19(2)14(11)21/h4-5,8-10H,6-7H2,1-3H3,(H,17,22)/t10-/m1/s1. The minimum atomic E-state index is -0.280. The summed E-state index contributed by atoms with van der Waals surface area (Å²) in [6, 6.07) is -0.280. The lowest BCUT2D eigenvalue weighted by Gasteiger charge is -2.14. The van der Waals surface area contributed by atoms with Gasteiger partial charge in [-0.2, -0.15) is 5.10 Å². The molecule has 3 aromatic rings. The molecule has 23 heavy (non-hydrogen) atoms. The van der Waals surface area contributed by atoms with Crippen LogP contribution in [0.2, 0.25) is 0 Å². The largest absolute Gasteiger partial charge is 0.383 e. The van der Waals surface area contributed by atoms with Crippen LogP contribution in [0.25, 0.3) is 5.65 Å². The molecule has 1 amide bonds.